The number of hydrogen-bond acceptors (Lipinski definition) is 5. The second kappa shape index (κ2) is 6.65. The molecule has 1 fully saturated rings. The van der Waals surface area contributed by atoms with Gasteiger partial charge in [0.25, 0.3) is 0 Å². The summed E-state index contributed by atoms with van der Waals surface area (Å²) in [4.78, 5) is 21.6. The van der Waals surface area contributed by atoms with Crippen LogP contribution in [0.5, 0.6) is 0 Å². The number of aromatic nitrogens is 2. The zero-order valence-corrected chi connectivity index (χ0v) is 11.5. The summed E-state index contributed by atoms with van der Waals surface area (Å²) < 4.78 is 6.00. The van der Waals surface area contributed by atoms with Crippen molar-refractivity contribution < 1.29 is 9.53 Å². The van der Waals surface area contributed by atoms with Crippen LogP contribution in [0.15, 0.2) is 17.0 Å². The number of hydrogen-bond donors (Lipinski definition) is 1. The molecule has 1 aliphatic heterocycles. The summed E-state index contributed by atoms with van der Waals surface area (Å²) in [5.41, 5.74) is 0. The third-order valence-electron chi connectivity index (χ3n) is 2.66. The molecule has 2 rings (SSSR count). The van der Waals surface area contributed by atoms with Gasteiger partial charge in [0.2, 0.25) is 5.91 Å². The van der Waals surface area contributed by atoms with Gasteiger partial charge >= 0.3 is 0 Å². The van der Waals surface area contributed by atoms with Crippen LogP contribution >= 0.6 is 15.9 Å². The topological polar surface area (TPSA) is 67.4 Å². The number of amides is 1. The molecule has 1 N–H and O–H groups in total. The van der Waals surface area contributed by atoms with Gasteiger partial charge in [0.1, 0.15) is 12.1 Å². The summed E-state index contributed by atoms with van der Waals surface area (Å²) in [6.45, 7) is 3.21. The van der Waals surface area contributed by atoms with Crippen LogP contribution in [0.1, 0.15) is 6.42 Å². The standard InChI is InChI=1S/C11H15BrN4O2/c12-9-7-13-8-15-11(9)14-2-1-10(17)16-3-5-18-6-4-16/h7-8H,1-6H2,(H,13,14,15). The average molecular weight is 315 g/mol. The van der Waals surface area contributed by atoms with E-state index in [0.717, 1.165) is 4.47 Å². The SMILES string of the molecule is O=C(CCNc1ncncc1Br)N1CCOCC1. The van der Waals surface area contributed by atoms with Gasteiger partial charge in [-0.1, -0.05) is 0 Å². The van der Waals surface area contributed by atoms with Crippen molar-refractivity contribution in [3.8, 4) is 0 Å². The zero-order valence-electron chi connectivity index (χ0n) is 9.93. The van der Waals surface area contributed by atoms with E-state index in [1.807, 2.05) is 4.90 Å². The van der Waals surface area contributed by atoms with Crippen molar-refractivity contribution in [1.82, 2.24) is 14.9 Å². The Bertz CT molecular complexity index is 410. The van der Waals surface area contributed by atoms with Gasteiger partial charge in [0, 0.05) is 32.3 Å². The Hall–Kier alpha value is -1.21. The first kappa shape index (κ1) is 13.2. The van der Waals surface area contributed by atoms with Crippen LogP contribution in [0.25, 0.3) is 0 Å². The number of rotatable bonds is 4. The minimum Gasteiger partial charge on any atom is -0.378 e. The first-order chi connectivity index (χ1) is 8.77. The third-order valence-corrected chi connectivity index (χ3v) is 3.24. The first-order valence-electron chi connectivity index (χ1n) is 5.82. The highest BCUT2D eigenvalue weighted by Crippen LogP contribution is 2.16. The molecule has 1 saturated heterocycles. The van der Waals surface area contributed by atoms with Gasteiger partial charge in [0.05, 0.1) is 17.7 Å². The van der Waals surface area contributed by atoms with Crippen LogP contribution in [-0.4, -0.2) is 53.6 Å². The van der Waals surface area contributed by atoms with Crippen molar-refractivity contribution >= 4 is 27.7 Å². The lowest BCUT2D eigenvalue weighted by atomic mass is 10.3. The van der Waals surface area contributed by atoms with E-state index in [2.05, 4.69) is 31.2 Å². The van der Waals surface area contributed by atoms with Crippen molar-refractivity contribution in [2.24, 2.45) is 0 Å². The highest BCUT2D eigenvalue weighted by atomic mass is 79.9. The molecule has 0 unspecified atom stereocenters. The molecule has 1 amide bonds. The molecule has 0 atom stereocenters. The van der Waals surface area contributed by atoms with Gasteiger partial charge in [-0.25, -0.2) is 9.97 Å². The smallest absolute Gasteiger partial charge is 0.224 e. The molecule has 18 heavy (non-hydrogen) atoms. The molecule has 1 aromatic rings. The van der Waals surface area contributed by atoms with E-state index >= 15 is 0 Å². The van der Waals surface area contributed by atoms with E-state index < -0.39 is 0 Å². The van der Waals surface area contributed by atoms with Crippen LogP contribution in [0, 0.1) is 0 Å². The maximum atomic E-state index is 11.9. The normalized spacial score (nSPS) is 15.5. The molecule has 0 aliphatic carbocycles. The number of carbonyl (C=O) groups excluding carboxylic acids is 1. The molecule has 98 valence electrons. The predicted octanol–water partition coefficient (Wildman–Crippen LogP) is 0.900. The fourth-order valence-corrected chi connectivity index (χ4v) is 2.06. The Morgan fingerprint density at radius 1 is 1.50 bits per heavy atom. The lowest BCUT2D eigenvalue weighted by Crippen LogP contribution is -2.41. The van der Waals surface area contributed by atoms with Crippen molar-refractivity contribution in [1.29, 1.82) is 0 Å². The summed E-state index contributed by atoms with van der Waals surface area (Å²) in [5, 5.41) is 3.11. The Balaban J connectivity index is 1.75. The number of nitrogens with zero attached hydrogens (tertiary/aromatic N) is 3. The van der Waals surface area contributed by atoms with E-state index in [-0.39, 0.29) is 5.91 Å². The molecule has 0 saturated carbocycles. The van der Waals surface area contributed by atoms with Crippen molar-refractivity contribution in [2.75, 3.05) is 38.2 Å². The number of carbonyl (C=O) groups is 1. The number of nitrogens with one attached hydrogen (secondary N) is 1. The summed E-state index contributed by atoms with van der Waals surface area (Å²) in [6, 6.07) is 0. The summed E-state index contributed by atoms with van der Waals surface area (Å²) >= 11 is 3.34. The van der Waals surface area contributed by atoms with E-state index in [1.54, 1.807) is 6.20 Å². The van der Waals surface area contributed by atoms with E-state index in [1.165, 1.54) is 6.33 Å². The van der Waals surface area contributed by atoms with E-state index in [9.17, 15) is 4.79 Å². The zero-order chi connectivity index (χ0) is 12.8. The highest BCUT2D eigenvalue weighted by molar-refractivity contribution is 9.10. The molecule has 1 aliphatic rings. The molecular weight excluding hydrogens is 300 g/mol. The molecule has 2 heterocycles. The molecule has 0 bridgehead atoms. The maximum absolute atomic E-state index is 11.9. The van der Waals surface area contributed by atoms with Gasteiger partial charge in [-0.05, 0) is 15.9 Å². The molecule has 7 heteroatoms. The molecule has 0 aromatic carbocycles. The van der Waals surface area contributed by atoms with Gasteiger partial charge in [-0.2, -0.15) is 0 Å². The van der Waals surface area contributed by atoms with E-state index in [0.29, 0.717) is 45.1 Å². The van der Waals surface area contributed by atoms with Crippen LogP contribution in [0.3, 0.4) is 0 Å². The lowest BCUT2D eigenvalue weighted by Gasteiger charge is -2.26. The Morgan fingerprint density at radius 3 is 3.00 bits per heavy atom. The first-order valence-corrected chi connectivity index (χ1v) is 6.61. The van der Waals surface area contributed by atoms with Gasteiger partial charge in [-0.3, -0.25) is 4.79 Å². The number of morpholine rings is 1. The second-order valence-electron chi connectivity index (χ2n) is 3.89. The quantitative estimate of drug-likeness (QED) is 0.894. The van der Waals surface area contributed by atoms with Crippen molar-refractivity contribution in [2.45, 2.75) is 6.42 Å². The summed E-state index contributed by atoms with van der Waals surface area (Å²) in [7, 11) is 0. The molecule has 1 aromatic heterocycles. The van der Waals surface area contributed by atoms with Crippen LogP contribution in [-0.2, 0) is 9.53 Å². The fourth-order valence-electron chi connectivity index (χ4n) is 1.70. The largest absolute Gasteiger partial charge is 0.378 e. The van der Waals surface area contributed by atoms with Gasteiger partial charge < -0.3 is 15.0 Å². The average Bonchev–Trinajstić information content (AvgIpc) is 2.42. The predicted molar refractivity (Wildman–Crippen MR) is 70.2 cm³/mol. The van der Waals surface area contributed by atoms with Crippen molar-refractivity contribution in [3.05, 3.63) is 17.0 Å². The van der Waals surface area contributed by atoms with Gasteiger partial charge in [-0.15, -0.1) is 0 Å². The molecule has 0 spiro atoms. The monoisotopic (exact) mass is 314 g/mol. The number of anilines is 1. The van der Waals surface area contributed by atoms with Crippen LogP contribution in [0.4, 0.5) is 5.82 Å². The van der Waals surface area contributed by atoms with Crippen LogP contribution < -0.4 is 5.32 Å². The molecule has 0 radical (unpaired) electrons. The van der Waals surface area contributed by atoms with E-state index in [4.69, 9.17) is 4.74 Å². The molecular formula is C11H15BrN4O2. The Kier molecular flexibility index (Phi) is 4.89. The highest BCUT2D eigenvalue weighted by Gasteiger charge is 2.16. The third kappa shape index (κ3) is 3.64. The molecule has 6 nitrogen and oxygen atoms in total. The Labute approximate surface area is 114 Å². The van der Waals surface area contributed by atoms with Gasteiger partial charge in [0.15, 0.2) is 0 Å². The lowest BCUT2D eigenvalue weighted by molar-refractivity contribution is -0.134. The van der Waals surface area contributed by atoms with Crippen molar-refractivity contribution in [3.63, 3.8) is 0 Å². The maximum Gasteiger partial charge on any atom is 0.224 e. The number of halogens is 1. The van der Waals surface area contributed by atoms with Crippen LogP contribution in [0.2, 0.25) is 0 Å². The minimum atomic E-state index is 0.149. The minimum absolute atomic E-state index is 0.149. The summed E-state index contributed by atoms with van der Waals surface area (Å²) in [6.07, 6.45) is 3.59. The Morgan fingerprint density at radius 2 is 2.28 bits per heavy atom. The summed E-state index contributed by atoms with van der Waals surface area (Å²) in [5.74, 6) is 0.857. The number of ether oxygens (including phenoxy) is 1. The fraction of sp³-hybridized carbons (Fsp3) is 0.545. The second-order valence-corrected chi connectivity index (χ2v) is 4.74.